The van der Waals surface area contributed by atoms with E-state index in [0.717, 1.165) is 0 Å². The van der Waals surface area contributed by atoms with E-state index < -0.39 is 0 Å². The fraction of sp³-hybridized carbons (Fsp3) is 0. The zero-order valence-corrected chi connectivity index (χ0v) is 24.7. The molecule has 1 aromatic heterocycles. The highest BCUT2D eigenvalue weighted by Crippen LogP contribution is 2.45. The van der Waals surface area contributed by atoms with Gasteiger partial charge in [-0.1, -0.05) is 146 Å². The topological polar surface area (TPSA) is 4.93 Å². The van der Waals surface area contributed by atoms with Gasteiger partial charge in [0.1, 0.15) is 0 Å². The first-order chi connectivity index (χ1) is 22.3. The second kappa shape index (κ2) is 10.4. The van der Waals surface area contributed by atoms with Gasteiger partial charge >= 0.3 is 0 Å². The number of rotatable bonds is 4. The molecule has 0 atom stereocenters. The molecule has 45 heavy (non-hydrogen) atoms. The Hall–Kier alpha value is -5.92. The van der Waals surface area contributed by atoms with Crippen LogP contribution in [-0.2, 0) is 0 Å². The third-order valence-corrected chi connectivity index (χ3v) is 9.19. The van der Waals surface area contributed by atoms with Crippen molar-refractivity contribution < 1.29 is 0 Å². The Balaban J connectivity index is 1.30. The zero-order valence-electron chi connectivity index (χ0n) is 24.7. The van der Waals surface area contributed by atoms with Crippen molar-refractivity contribution in [3.05, 3.63) is 176 Å². The van der Waals surface area contributed by atoms with Crippen LogP contribution in [0.3, 0.4) is 0 Å². The third-order valence-electron chi connectivity index (χ3n) is 9.19. The van der Waals surface area contributed by atoms with Crippen LogP contribution in [0.2, 0.25) is 0 Å². The van der Waals surface area contributed by atoms with E-state index in [1.807, 2.05) is 0 Å². The molecule has 0 aliphatic heterocycles. The third kappa shape index (κ3) is 4.09. The molecule has 0 aliphatic carbocycles. The van der Waals surface area contributed by atoms with Crippen molar-refractivity contribution in [3.63, 3.8) is 0 Å². The number of aromatic nitrogens is 1. The Morgan fingerprint density at radius 3 is 1.31 bits per heavy atom. The van der Waals surface area contributed by atoms with E-state index in [2.05, 4.69) is 180 Å². The van der Waals surface area contributed by atoms with E-state index in [1.54, 1.807) is 0 Å². The lowest BCUT2D eigenvalue weighted by atomic mass is 9.85. The average Bonchev–Trinajstić information content (AvgIpc) is 3.45. The number of hydrogen-bond acceptors (Lipinski definition) is 0. The van der Waals surface area contributed by atoms with E-state index >= 15 is 0 Å². The summed E-state index contributed by atoms with van der Waals surface area (Å²) in [6, 6.07) is 63.9. The minimum Gasteiger partial charge on any atom is -0.309 e. The highest BCUT2D eigenvalue weighted by atomic mass is 15.0. The summed E-state index contributed by atoms with van der Waals surface area (Å²) in [5, 5.41) is 7.60. The van der Waals surface area contributed by atoms with Gasteiger partial charge in [0.15, 0.2) is 0 Å². The summed E-state index contributed by atoms with van der Waals surface area (Å²) in [5.74, 6) is 0. The molecule has 1 heteroatoms. The molecule has 0 aliphatic rings. The number of benzene rings is 8. The second-order valence-corrected chi connectivity index (χ2v) is 11.7. The summed E-state index contributed by atoms with van der Waals surface area (Å²) in [4.78, 5) is 0. The zero-order chi connectivity index (χ0) is 29.7. The maximum atomic E-state index is 2.40. The molecule has 0 saturated heterocycles. The highest BCUT2D eigenvalue weighted by Gasteiger charge is 2.18. The summed E-state index contributed by atoms with van der Waals surface area (Å²) in [6.07, 6.45) is 0. The number of para-hydroxylation sites is 2. The SMILES string of the molecule is c1ccc(-c2ccc(-c3c4ccccc4c(-c4ccc5c(c4)c4ccccc4n5-c4ccccc4)c4ccccc34)cc2)cc1. The molecule has 0 amide bonds. The molecule has 210 valence electrons. The van der Waals surface area contributed by atoms with Gasteiger partial charge in [-0.25, -0.2) is 0 Å². The molecule has 0 N–H and O–H groups in total. The van der Waals surface area contributed by atoms with E-state index in [0.29, 0.717) is 0 Å². The predicted molar refractivity (Wildman–Crippen MR) is 192 cm³/mol. The minimum absolute atomic E-state index is 1.18. The van der Waals surface area contributed by atoms with Crippen molar-refractivity contribution in [2.24, 2.45) is 0 Å². The van der Waals surface area contributed by atoms with Gasteiger partial charge in [0.05, 0.1) is 11.0 Å². The fourth-order valence-electron chi connectivity index (χ4n) is 7.19. The summed E-state index contributed by atoms with van der Waals surface area (Å²) in [7, 11) is 0. The summed E-state index contributed by atoms with van der Waals surface area (Å²) < 4.78 is 2.38. The van der Waals surface area contributed by atoms with Crippen molar-refractivity contribution >= 4 is 43.4 Å². The molecule has 1 nitrogen and oxygen atoms in total. The molecule has 0 saturated carbocycles. The van der Waals surface area contributed by atoms with Crippen LogP contribution < -0.4 is 0 Å². The van der Waals surface area contributed by atoms with Crippen molar-refractivity contribution in [3.8, 4) is 39.1 Å². The van der Waals surface area contributed by atoms with Gasteiger partial charge in [0, 0.05) is 16.5 Å². The predicted octanol–water partition coefficient (Wildman–Crippen LogP) is 12.1. The van der Waals surface area contributed by atoms with Gasteiger partial charge in [-0.05, 0) is 85.3 Å². The Morgan fingerprint density at radius 2 is 0.689 bits per heavy atom. The van der Waals surface area contributed by atoms with Crippen LogP contribution in [0, 0.1) is 0 Å². The first-order valence-electron chi connectivity index (χ1n) is 15.5. The van der Waals surface area contributed by atoms with Gasteiger partial charge in [-0.2, -0.15) is 0 Å². The largest absolute Gasteiger partial charge is 0.309 e. The summed E-state index contributed by atoms with van der Waals surface area (Å²) >= 11 is 0. The first kappa shape index (κ1) is 25.6. The van der Waals surface area contributed by atoms with Crippen LogP contribution in [0.1, 0.15) is 0 Å². The standard InChI is InChI=1S/C44H29N/c1-3-13-30(14-4-1)31-23-25-32(26-24-31)43-36-18-7-9-20-38(36)44(39-21-10-8-19-37(39)43)33-27-28-42-40(29-33)35-17-11-12-22-41(35)45(42)34-15-5-2-6-16-34/h1-29H. The van der Waals surface area contributed by atoms with Gasteiger partial charge in [0.2, 0.25) is 0 Å². The number of fused-ring (bicyclic) bond motifs is 5. The fourth-order valence-corrected chi connectivity index (χ4v) is 7.19. The molecule has 9 rings (SSSR count). The quantitative estimate of drug-likeness (QED) is 0.185. The smallest absolute Gasteiger partial charge is 0.0541 e. The minimum atomic E-state index is 1.18. The monoisotopic (exact) mass is 571 g/mol. The Labute approximate surface area is 262 Å². The van der Waals surface area contributed by atoms with E-state index in [-0.39, 0.29) is 0 Å². The summed E-state index contributed by atoms with van der Waals surface area (Å²) in [6.45, 7) is 0. The van der Waals surface area contributed by atoms with Crippen LogP contribution in [-0.4, -0.2) is 4.57 Å². The number of nitrogens with zero attached hydrogens (tertiary/aromatic N) is 1. The van der Waals surface area contributed by atoms with Gasteiger partial charge in [-0.3, -0.25) is 0 Å². The van der Waals surface area contributed by atoms with Crippen LogP contribution in [0.4, 0.5) is 0 Å². The lowest BCUT2D eigenvalue weighted by molar-refractivity contribution is 1.18. The Bertz CT molecular complexity index is 2450. The molecule has 0 bridgehead atoms. The van der Waals surface area contributed by atoms with Gasteiger partial charge < -0.3 is 4.57 Å². The summed E-state index contributed by atoms with van der Waals surface area (Å²) in [5.41, 5.74) is 11.1. The molecule has 0 radical (unpaired) electrons. The van der Waals surface area contributed by atoms with Crippen LogP contribution in [0.25, 0.3) is 82.4 Å². The maximum Gasteiger partial charge on any atom is 0.0541 e. The van der Waals surface area contributed by atoms with E-state index in [9.17, 15) is 0 Å². The van der Waals surface area contributed by atoms with Crippen molar-refractivity contribution in [1.82, 2.24) is 4.57 Å². The van der Waals surface area contributed by atoms with E-state index in [4.69, 9.17) is 0 Å². The molecule has 0 unspecified atom stereocenters. The van der Waals surface area contributed by atoms with Gasteiger partial charge in [-0.15, -0.1) is 0 Å². The van der Waals surface area contributed by atoms with E-state index in [1.165, 1.54) is 82.4 Å². The molecule has 0 fully saturated rings. The molecule has 1 heterocycles. The number of hydrogen-bond donors (Lipinski definition) is 0. The average molecular weight is 572 g/mol. The first-order valence-corrected chi connectivity index (χ1v) is 15.5. The lowest BCUT2D eigenvalue weighted by Gasteiger charge is -2.18. The molecular weight excluding hydrogens is 542 g/mol. The van der Waals surface area contributed by atoms with Crippen molar-refractivity contribution in [1.29, 1.82) is 0 Å². The molecule has 0 spiro atoms. The Kier molecular flexibility index (Phi) is 5.89. The van der Waals surface area contributed by atoms with Crippen molar-refractivity contribution in [2.45, 2.75) is 0 Å². The van der Waals surface area contributed by atoms with Crippen LogP contribution in [0.5, 0.6) is 0 Å². The van der Waals surface area contributed by atoms with Crippen molar-refractivity contribution in [2.75, 3.05) is 0 Å². The molecule has 8 aromatic carbocycles. The van der Waals surface area contributed by atoms with Crippen LogP contribution in [0.15, 0.2) is 176 Å². The molecule has 9 aromatic rings. The maximum absolute atomic E-state index is 2.40. The Morgan fingerprint density at radius 1 is 0.267 bits per heavy atom. The van der Waals surface area contributed by atoms with Crippen LogP contribution >= 0.6 is 0 Å². The normalized spacial score (nSPS) is 11.6. The lowest BCUT2D eigenvalue weighted by Crippen LogP contribution is -1.93. The highest BCUT2D eigenvalue weighted by molar-refractivity contribution is 6.22. The second-order valence-electron chi connectivity index (χ2n) is 11.7. The molecular formula is C44H29N. The van der Waals surface area contributed by atoms with Gasteiger partial charge in [0.25, 0.3) is 0 Å².